The van der Waals surface area contributed by atoms with Crippen LogP contribution in [0.25, 0.3) is 21.8 Å². The smallest absolute Gasteiger partial charge is 0.121 e. The van der Waals surface area contributed by atoms with Gasteiger partial charge >= 0.3 is 0 Å². The van der Waals surface area contributed by atoms with E-state index in [1.54, 1.807) is 7.11 Å². The number of aliphatic hydroxyl groups is 1. The zero-order chi connectivity index (χ0) is 18.0. The molecule has 0 radical (unpaired) electrons. The lowest BCUT2D eigenvalue weighted by atomic mass is 9.99. The minimum absolute atomic E-state index is 0.0448. The Morgan fingerprint density at radius 3 is 2.68 bits per heavy atom. The number of aliphatic hydroxyl groups excluding tert-OH is 1. The third-order valence-corrected chi connectivity index (χ3v) is 4.82. The number of benzene rings is 2. The van der Waals surface area contributed by atoms with Crippen LogP contribution in [0.4, 0.5) is 0 Å². The Bertz CT molecular complexity index is 990. The van der Waals surface area contributed by atoms with Gasteiger partial charge in [-0.25, -0.2) is 0 Å². The molecule has 2 aromatic carbocycles. The molecule has 5 nitrogen and oxygen atoms in total. The number of rotatable bonds is 5. The molecule has 132 valence electrons. The van der Waals surface area contributed by atoms with E-state index in [2.05, 4.69) is 41.8 Å². The SMILES string of the molecule is CO/N=c1\c2ccc(C)c(C)c2n(CCCN)c2cccc(CO)c12. The fourth-order valence-corrected chi connectivity index (χ4v) is 3.48. The van der Waals surface area contributed by atoms with Crippen LogP contribution in [0.1, 0.15) is 23.1 Å². The number of nitrogens with zero attached hydrogens (tertiary/aromatic N) is 2. The second-order valence-electron chi connectivity index (χ2n) is 6.29. The second kappa shape index (κ2) is 7.25. The highest BCUT2D eigenvalue weighted by Crippen LogP contribution is 2.26. The Morgan fingerprint density at radius 2 is 2.00 bits per heavy atom. The zero-order valence-corrected chi connectivity index (χ0v) is 15.0. The fourth-order valence-electron chi connectivity index (χ4n) is 3.48. The molecule has 0 fully saturated rings. The second-order valence-corrected chi connectivity index (χ2v) is 6.29. The standard InChI is InChI=1S/C20H25N3O2/c1-13-8-9-16-19(22-25-3)18-15(12-24)6-4-7-17(18)23(11-5-10-21)20(16)14(13)2/h4,6-9,24H,5,10-12,21H2,1-3H3/b22-19+. The molecule has 0 bridgehead atoms. The molecule has 1 aromatic heterocycles. The van der Waals surface area contributed by atoms with Crippen molar-refractivity contribution >= 4 is 21.8 Å². The number of pyridine rings is 1. The van der Waals surface area contributed by atoms with Gasteiger partial charge in [0.05, 0.1) is 17.6 Å². The molecule has 0 aliphatic rings. The summed E-state index contributed by atoms with van der Waals surface area (Å²) < 4.78 is 2.30. The van der Waals surface area contributed by atoms with E-state index in [-0.39, 0.29) is 6.61 Å². The van der Waals surface area contributed by atoms with Gasteiger partial charge in [0.15, 0.2) is 0 Å². The van der Waals surface area contributed by atoms with Gasteiger partial charge in [-0.2, -0.15) is 0 Å². The van der Waals surface area contributed by atoms with Gasteiger partial charge in [-0.15, -0.1) is 0 Å². The summed E-state index contributed by atoms with van der Waals surface area (Å²) in [4.78, 5) is 5.15. The lowest BCUT2D eigenvalue weighted by Crippen LogP contribution is -2.17. The number of nitrogens with two attached hydrogens (primary N) is 1. The maximum Gasteiger partial charge on any atom is 0.121 e. The molecule has 3 N–H and O–H groups in total. The van der Waals surface area contributed by atoms with Crippen molar-refractivity contribution < 1.29 is 9.94 Å². The van der Waals surface area contributed by atoms with Gasteiger partial charge in [-0.1, -0.05) is 29.4 Å². The van der Waals surface area contributed by atoms with Gasteiger partial charge in [-0.05, 0) is 49.6 Å². The van der Waals surface area contributed by atoms with Crippen LogP contribution in [-0.2, 0) is 18.0 Å². The van der Waals surface area contributed by atoms with Crippen LogP contribution in [-0.4, -0.2) is 23.3 Å². The first-order valence-electron chi connectivity index (χ1n) is 8.56. The first-order valence-corrected chi connectivity index (χ1v) is 8.56. The van der Waals surface area contributed by atoms with Gasteiger partial charge in [0.1, 0.15) is 12.5 Å². The summed E-state index contributed by atoms with van der Waals surface area (Å²) in [5.74, 6) is 0. The molecule has 0 unspecified atom stereocenters. The molecule has 3 rings (SSSR count). The highest BCUT2D eigenvalue weighted by Gasteiger charge is 2.15. The van der Waals surface area contributed by atoms with Crippen molar-refractivity contribution in [3.63, 3.8) is 0 Å². The van der Waals surface area contributed by atoms with Crippen LogP contribution < -0.4 is 11.1 Å². The highest BCUT2D eigenvalue weighted by atomic mass is 16.6. The molecule has 0 aliphatic heterocycles. The van der Waals surface area contributed by atoms with Crippen LogP contribution in [0.2, 0.25) is 0 Å². The van der Waals surface area contributed by atoms with E-state index in [0.29, 0.717) is 6.54 Å². The summed E-state index contributed by atoms with van der Waals surface area (Å²) in [7, 11) is 1.55. The lowest BCUT2D eigenvalue weighted by molar-refractivity contribution is 0.201. The van der Waals surface area contributed by atoms with E-state index < -0.39 is 0 Å². The maximum atomic E-state index is 9.85. The quantitative estimate of drug-likeness (QED) is 0.554. The highest BCUT2D eigenvalue weighted by molar-refractivity contribution is 5.96. The molecular formula is C20H25N3O2. The molecule has 0 amide bonds. The third-order valence-electron chi connectivity index (χ3n) is 4.82. The molecular weight excluding hydrogens is 314 g/mol. The lowest BCUT2D eigenvalue weighted by Gasteiger charge is -2.20. The number of aryl methyl sites for hydroxylation is 3. The van der Waals surface area contributed by atoms with Crippen molar-refractivity contribution in [2.45, 2.75) is 33.4 Å². The fraction of sp³-hybridized carbons (Fsp3) is 0.350. The average Bonchev–Trinajstić information content (AvgIpc) is 2.63. The van der Waals surface area contributed by atoms with Gasteiger partial charge in [0.2, 0.25) is 0 Å². The van der Waals surface area contributed by atoms with Gasteiger partial charge in [0.25, 0.3) is 0 Å². The molecule has 0 spiro atoms. The van der Waals surface area contributed by atoms with Crippen LogP contribution in [0.15, 0.2) is 35.5 Å². The summed E-state index contributed by atoms with van der Waals surface area (Å²) >= 11 is 0. The van der Waals surface area contributed by atoms with Crippen molar-refractivity contribution in [2.75, 3.05) is 13.7 Å². The first-order chi connectivity index (χ1) is 12.1. The van der Waals surface area contributed by atoms with Crippen molar-refractivity contribution in [1.82, 2.24) is 4.57 Å². The van der Waals surface area contributed by atoms with E-state index in [4.69, 9.17) is 10.6 Å². The molecule has 3 aromatic rings. The topological polar surface area (TPSA) is 72.8 Å². The van der Waals surface area contributed by atoms with E-state index in [1.165, 1.54) is 11.1 Å². The predicted molar refractivity (Wildman–Crippen MR) is 101 cm³/mol. The molecule has 0 aliphatic carbocycles. The number of fused-ring (bicyclic) bond motifs is 2. The number of aromatic nitrogens is 1. The monoisotopic (exact) mass is 339 g/mol. The predicted octanol–water partition coefficient (Wildman–Crippen LogP) is 2.71. The largest absolute Gasteiger partial charge is 0.399 e. The van der Waals surface area contributed by atoms with Crippen molar-refractivity contribution in [1.29, 1.82) is 0 Å². The molecule has 5 heteroatoms. The van der Waals surface area contributed by atoms with Crippen LogP contribution >= 0.6 is 0 Å². The minimum Gasteiger partial charge on any atom is -0.399 e. The van der Waals surface area contributed by atoms with E-state index in [1.807, 2.05) is 12.1 Å². The maximum absolute atomic E-state index is 9.85. The summed E-state index contributed by atoms with van der Waals surface area (Å²) in [5, 5.41) is 16.9. The number of hydrogen-bond donors (Lipinski definition) is 2. The Hall–Kier alpha value is -2.37. The summed E-state index contributed by atoms with van der Waals surface area (Å²) in [6.07, 6.45) is 0.881. The summed E-state index contributed by atoms with van der Waals surface area (Å²) in [6.45, 7) is 5.65. The van der Waals surface area contributed by atoms with Crippen molar-refractivity contribution in [2.24, 2.45) is 10.9 Å². The third kappa shape index (κ3) is 2.90. The van der Waals surface area contributed by atoms with E-state index >= 15 is 0 Å². The average molecular weight is 339 g/mol. The molecule has 0 saturated heterocycles. The normalized spacial score (nSPS) is 12.3. The van der Waals surface area contributed by atoms with E-state index in [9.17, 15) is 5.11 Å². The number of hydrogen-bond acceptors (Lipinski definition) is 4. The van der Waals surface area contributed by atoms with Crippen LogP contribution in [0.5, 0.6) is 0 Å². The van der Waals surface area contributed by atoms with E-state index in [0.717, 1.165) is 45.7 Å². The van der Waals surface area contributed by atoms with Crippen LogP contribution in [0.3, 0.4) is 0 Å². The summed E-state index contributed by atoms with van der Waals surface area (Å²) in [5.41, 5.74) is 11.3. The Labute approximate surface area is 147 Å². The van der Waals surface area contributed by atoms with Crippen LogP contribution in [0, 0.1) is 13.8 Å². The minimum atomic E-state index is -0.0448. The molecule has 25 heavy (non-hydrogen) atoms. The Kier molecular flexibility index (Phi) is 5.06. The Morgan fingerprint density at radius 1 is 1.20 bits per heavy atom. The van der Waals surface area contributed by atoms with Gasteiger partial charge in [0, 0.05) is 17.3 Å². The van der Waals surface area contributed by atoms with Crippen molar-refractivity contribution in [3.05, 3.63) is 52.4 Å². The van der Waals surface area contributed by atoms with Gasteiger partial charge < -0.3 is 20.2 Å². The van der Waals surface area contributed by atoms with Gasteiger partial charge in [-0.3, -0.25) is 0 Å². The van der Waals surface area contributed by atoms with Crippen molar-refractivity contribution in [3.8, 4) is 0 Å². The Balaban J connectivity index is 2.62. The molecule has 1 heterocycles. The first kappa shape index (κ1) is 17.5. The molecule has 0 saturated carbocycles. The zero-order valence-electron chi connectivity index (χ0n) is 15.0. The summed E-state index contributed by atoms with van der Waals surface area (Å²) in [6, 6.07) is 10.2. The molecule has 0 atom stereocenters.